The van der Waals surface area contributed by atoms with Crippen molar-refractivity contribution in [2.75, 3.05) is 0 Å². The molecule has 5 heteroatoms. The number of carbonyl (C=O) groups is 1. The van der Waals surface area contributed by atoms with E-state index in [-0.39, 0.29) is 11.9 Å². The minimum atomic E-state index is -0.655. The van der Waals surface area contributed by atoms with Crippen molar-refractivity contribution in [3.8, 4) is 0 Å². The van der Waals surface area contributed by atoms with E-state index in [2.05, 4.69) is 17.2 Å². The Bertz CT molecular complexity index is 483. The molecule has 1 heterocycles. The summed E-state index contributed by atoms with van der Waals surface area (Å²) in [6, 6.07) is 5.50. The zero-order chi connectivity index (χ0) is 14.0. The summed E-state index contributed by atoms with van der Waals surface area (Å²) in [4.78, 5) is 17.0. The van der Waals surface area contributed by atoms with E-state index in [0.29, 0.717) is 10.9 Å². The van der Waals surface area contributed by atoms with E-state index in [4.69, 9.17) is 18.0 Å². The Balaban J connectivity index is 2.07. The highest BCUT2D eigenvalue weighted by molar-refractivity contribution is 7.80. The monoisotopic (exact) mass is 277 g/mol. The summed E-state index contributed by atoms with van der Waals surface area (Å²) >= 11 is 5.08. The Labute approximate surface area is 118 Å². The second kappa shape index (κ2) is 5.25. The molecular formula is C14H19N3OS. The van der Waals surface area contributed by atoms with Gasteiger partial charge in [-0.3, -0.25) is 9.78 Å². The van der Waals surface area contributed by atoms with Gasteiger partial charge in [0.1, 0.15) is 0 Å². The van der Waals surface area contributed by atoms with Gasteiger partial charge in [0.25, 0.3) is 0 Å². The van der Waals surface area contributed by atoms with Gasteiger partial charge in [-0.15, -0.1) is 0 Å². The van der Waals surface area contributed by atoms with Crippen molar-refractivity contribution in [1.29, 1.82) is 0 Å². The first kappa shape index (κ1) is 13.9. The summed E-state index contributed by atoms with van der Waals surface area (Å²) in [5.74, 6) is 0.425. The van der Waals surface area contributed by atoms with Crippen molar-refractivity contribution in [2.45, 2.75) is 32.7 Å². The van der Waals surface area contributed by atoms with Gasteiger partial charge in [-0.05, 0) is 37.8 Å². The van der Waals surface area contributed by atoms with Crippen LogP contribution in [0.2, 0.25) is 0 Å². The lowest BCUT2D eigenvalue weighted by Gasteiger charge is -2.44. The fourth-order valence-corrected chi connectivity index (χ4v) is 2.93. The maximum Gasteiger partial charge on any atom is 0.233 e. The topological polar surface area (TPSA) is 68.0 Å². The van der Waals surface area contributed by atoms with Crippen molar-refractivity contribution in [3.05, 3.63) is 30.1 Å². The van der Waals surface area contributed by atoms with Crippen molar-refractivity contribution in [3.63, 3.8) is 0 Å². The van der Waals surface area contributed by atoms with Crippen LogP contribution < -0.4 is 11.1 Å². The molecule has 0 radical (unpaired) electrons. The molecule has 19 heavy (non-hydrogen) atoms. The fourth-order valence-electron chi connectivity index (χ4n) is 2.67. The quantitative estimate of drug-likeness (QED) is 0.826. The number of nitrogens with one attached hydrogen (secondary N) is 1. The molecule has 1 aliphatic rings. The number of hydrogen-bond donors (Lipinski definition) is 2. The lowest BCUT2D eigenvalue weighted by Crippen LogP contribution is -2.56. The van der Waals surface area contributed by atoms with Crippen molar-refractivity contribution < 1.29 is 4.79 Å². The van der Waals surface area contributed by atoms with Crippen LogP contribution in [-0.4, -0.2) is 15.9 Å². The minimum Gasteiger partial charge on any atom is -0.392 e. The van der Waals surface area contributed by atoms with Gasteiger partial charge in [0.2, 0.25) is 5.91 Å². The molecule has 3 N–H and O–H groups in total. The molecule has 1 fully saturated rings. The molecule has 1 atom stereocenters. The summed E-state index contributed by atoms with van der Waals surface area (Å²) in [5.41, 5.74) is 5.94. The first-order valence-electron chi connectivity index (χ1n) is 6.47. The molecule has 1 aromatic heterocycles. The highest BCUT2D eigenvalue weighted by atomic mass is 32.1. The smallest absolute Gasteiger partial charge is 0.233 e. The first-order chi connectivity index (χ1) is 8.95. The summed E-state index contributed by atoms with van der Waals surface area (Å²) in [5, 5.41) is 2.97. The maximum absolute atomic E-state index is 12.4. The van der Waals surface area contributed by atoms with Crippen LogP contribution in [0.4, 0.5) is 0 Å². The Morgan fingerprint density at radius 2 is 2.26 bits per heavy atom. The minimum absolute atomic E-state index is 0.0729. The summed E-state index contributed by atoms with van der Waals surface area (Å²) < 4.78 is 0. The summed E-state index contributed by atoms with van der Waals surface area (Å²) in [6.07, 6.45) is 3.19. The highest BCUT2D eigenvalue weighted by Crippen LogP contribution is 2.46. The standard InChI is InChI=1S/C14H19N3OS/c1-9-7-14(8-9,12(15)19)13(18)17-10(2)11-5-3-4-6-16-11/h3-6,9-10H,7-8H2,1-2H3,(H2,15,19)(H,17,18). The number of pyridine rings is 1. The number of amides is 1. The predicted molar refractivity (Wildman–Crippen MR) is 78.4 cm³/mol. The van der Waals surface area contributed by atoms with Crippen molar-refractivity contribution >= 4 is 23.1 Å². The molecule has 4 nitrogen and oxygen atoms in total. The maximum atomic E-state index is 12.4. The Morgan fingerprint density at radius 3 is 2.74 bits per heavy atom. The number of carbonyl (C=O) groups excluding carboxylic acids is 1. The molecule has 0 spiro atoms. The van der Waals surface area contributed by atoms with E-state index in [1.165, 1.54) is 0 Å². The third-order valence-corrected chi connectivity index (χ3v) is 4.17. The molecule has 1 unspecified atom stereocenters. The molecule has 0 bridgehead atoms. The molecule has 1 amide bonds. The average Bonchev–Trinajstić information content (AvgIpc) is 2.35. The fraction of sp³-hybridized carbons (Fsp3) is 0.500. The molecule has 0 aromatic carbocycles. The third-order valence-electron chi connectivity index (χ3n) is 3.78. The molecular weight excluding hydrogens is 258 g/mol. The van der Waals surface area contributed by atoms with Crippen LogP contribution in [0.25, 0.3) is 0 Å². The normalized spacial score (nSPS) is 27.2. The molecule has 102 valence electrons. The zero-order valence-electron chi connectivity index (χ0n) is 11.2. The first-order valence-corrected chi connectivity index (χ1v) is 6.88. The van der Waals surface area contributed by atoms with Gasteiger partial charge in [-0.1, -0.05) is 25.2 Å². The van der Waals surface area contributed by atoms with Crippen LogP contribution in [0.3, 0.4) is 0 Å². The van der Waals surface area contributed by atoms with E-state index in [1.54, 1.807) is 6.20 Å². The van der Waals surface area contributed by atoms with Gasteiger partial charge in [0.15, 0.2) is 0 Å². The van der Waals surface area contributed by atoms with Gasteiger partial charge in [0.05, 0.1) is 22.1 Å². The average molecular weight is 277 g/mol. The number of aromatic nitrogens is 1. The molecule has 1 aliphatic carbocycles. The Hall–Kier alpha value is -1.49. The predicted octanol–water partition coefficient (Wildman–Crippen LogP) is 1.96. The Morgan fingerprint density at radius 1 is 1.58 bits per heavy atom. The van der Waals surface area contributed by atoms with Gasteiger partial charge < -0.3 is 11.1 Å². The van der Waals surface area contributed by atoms with Gasteiger partial charge >= 0.3 is 0 Å². The Kier molecular flexibility index (Phi) is 3.85. The highest BCUT2D eigenvalue weighted by Gasteiger charge is 2.51. The van der Waals surface area contributed by atoms with Gasteiger partial charge in [0, 0.05) is 6.20 Å². The van der Waals surface area contributed by atoms with Crippen LogP contribution in [0.15, 0.2) is 24.4 Å². The number of hydrogen-bond acceptors (Lipinski definition) is 3. The summed E-state index contributed by atoms with van der Waals surface area (Å²) in [7, 11) is 0. The van der Waals surface area contributed by atoms with Crippen LogP contribution in [0, 0.1) is 11.3 Å². The lowest BCUT2D eigenvalue weighted by atomic mass is 9.62. The molecule has 1 aromatic rings. The van der Waals surface area contributed by atoms with Crippen LogP contribution in [0.1, 0.15) is 38.4 Å². The van der Waals surface area contributed by atoms with E-state index in [1.807, 2.05) is 25.1 Å². The molecule has 1 saturated carbocycles. The van der Waals surface area contributed by atoms with E-state index < -0.39 is 5.41 Å². The van der Waals surface area contributed by atoms with Crippen LogP contribution in [0.5, 0.6) is 0 Å². The number of nitrogens with zero attached hydrogens (tertiary/aromatic N) is 1. The third kappa shape index (κ3) is 2.61. The van der Waals surface area contributed by atoms with Crippen molar-refractivity contribution in [1.82, 2.24) is 10.3 Å². The molecule has 0 aliphatic heterocycles. The number of nitrogens with two attached hydrogens (primary N) is 1. The second-order valence-corrected chi connectivity index (χ2v) is 5.85. The largest absolute Gasteiger partial charge is 0.392 e. The van der Waals surface area contributed by atoms with E-state index in [0.717, 1.165) is 18.5 Å². The second-order valence-electron chi connectivity index (χ2n) is 5.41. The van der Waals surface area contributed by atoms with Gasteiger partial charge in [-0.2, -0.15) is 0 Å². The van der Waals surface area contributed by atoms with Gasteiger partial charge in [-0.25, -0.2) is 0 Å². The molecule has 2 rings (SSSR count). The SMILES string of the molecule is CC1CC(C(=O)NC(C)c2ccccn2)(C(N)=S)C1. The van der Waals surface area contributed by atoms with E-state index in [9.17, 15) is 4.79 Å². The number of thiocarbonyl (C=S) groups is 1. The number of rotatable bonds is 4. The van der Waals surface area contributed by atoms with Crippen LogP contribution in [-0.2, 0) is 4.79 Å². The van der Waals surface area contributed by atoms with Crippen LogP contribution >= 0.6 is 12.2 Å². The lowest BCUT2D eigenvalue weighted by molar-refractivity contribution is -0.133. The summed E-state index contributed by atoms with van der Waals surface area (Å²) in [6.45, 7) is 4.02. The molecule has 0 saturated heterocycles. The zero-order valence-corrected chi connectivity index (χ0v) is 12.0. The van der Waals surface area contributed by atoms with Crippen molar-refractivity contribution in [2.24, 2.45) is 17.1 Å². The van der Waals surface area contributed by atoms with E-state index >= 15 is 0 Å².